The number of likely N-dealkylation sites (N-methyl/N-ethyl adjacent to an activating group) is 1. The van der Waals surface area contributed by atoms with E-state index in [0.29, 0.717) is 18.0 Å². The fraction of sp³-hybridized carbons (Fsp3) is 0.304. The van der Waals surface area contributed by atoms with Gasteiger partial charge in [0.05, 0.1) is 12.2 Å². The van der Waals surface area contributed by atoms with E-state index in [4.69, 9.17) is 4.74 Å². The lowest BCUT2D eigenvalue weighted by Crippen LogP contribution is -2.38. The summed E-state index contributed by atoms with van der Waals surface area (Å²) in [4.78, 5) is 25.2. The Hall–Kier alpha value is -3.08. The lowest BCUT2D eigenvalue weighted by atomic mass is 9.87. The third kappa shape index (κ3) is 4.60. The van der Waals surface area contributed by atoms with E-state index in [0.717, 1.165) is 17.5 Å². The van der Waals surface area contributed by atoms with Gasteiger partial charge >= 0.3 is 0 Å². The molecule has 2 aromatic rings. The zero-order valence-corrected chi connectivity index (χ0v) is 16.7. The molecule has 3 rings (SSSR count). The van der Waals surface area contributed by atoms with E-state index in [1.54, 1.807) is 18.2 Å². The van der Waals surface area contributed by atoms with Crippen molar-refractivity contribution in [2.75, 3.05) is 23.8 Å². The van der Waals surface area contributed by atoms with Gasteiger partial charge in [-0.25, -0.2) is 0 Å². The number of carbonyl (C=O) groups is 2. The molecule has 1 atom stereocenters. The van der Waals surface area contributed by atoms with Crippen LogP contribution in [-0.4, -0.2) is 31.9 Å². The fourth-order valence-corrected chi connectivity index (χ4v) is 3.08. The van der Waals surface area contributed by atoms with Crippen molar-refractivity contribution in [3.8, 4) is 5.75 Å². The van der Waals surface area contributed by atoms with Crippen molar-refractivity contribution in [3.63, 3.8) is 0 Å². The molecule has 1 aliphatic rings. The normalized spacial score (nSPS) is 16.4. The molecule has 1 heterocycles. The van der Waals surface area contributed by atoms with E-state index < -0.39 is 6.10 Å². The number of nitrogens with one attached hydrogen (secondary N) is 1. The van der Waals surface area contributed by atoms with E-state index in [2.05, 4.69) is 38.2 Å². The molecule has 0 aliphatic carbocycles. The standard InChI is InChI=1S/C23H26N2O3/c1-23(2,3)17-8-5-16(6-9-17)7-12-22(27)24-18-10-11-21-20(13-18)25(4)14-19(15-26)28-21/h5-13,15,19H,14H2,1-4H3,(H,24,27)/b12-7+. The molecule has 1 aliphatic heterocycles. The number of fused-ring (bicyclic) bond motifs is 1. The summed E-state index contributed by atoms with van der Waals surface area (Å²) < 4.78 is 5.61. The van der Waals surface area contributed by atoms with Crippen molar-refractivity contribution in [3.05, 3.63) is 59.7 Å². The van der Waals surface area contributed by atoms with Crippen LogP contribution in [0.5, 0.6) is 5.75 Å². The molecule has 1 N–H and O–H groups in total. The Kier molecular flexibility index (Phi) is 5.54. The number of amides is 1. The largest absolute Gasteiger partial charge is 0.479 e. The molecule has 1 unspecified atom stereocenters. The molecule has 146 valence electrons. The lowest BCUT2D eigenvalue weighted by molar-refractivity contribution is -0.113. The first-order valence-corrected chi connectivity index (χ1v) is 9.33. The van der Waals surface area contributed by atoms with E-state index in [1.807, 2.05) is 30.1 Å². The molecule has 5 nitrogen and oxygen atoms in total. The van der Waals surface area contributed by atoms with Crippen molar-refractivity contribution in [1.82, 2.24) is 0 Å². The molecular formula is C23H26N2O3. The zero-order valence-electron chi connectivity index (χ0n) is 16.7. The van der Waals surface area contributed by atoms with Gasteiger partial charge in [-0.3, -0.25) is 9.59 Å². The minimum Gasteiger partial charge on any atom is -0.479 e. The highest BCUT2D eigenvalue weighted by Gasteiger charge is 2.23. The van der Waals surface area contributed by atoms with E-state index in [-0.39, 0.29) is 11.3 Å². The van der Waals surface area contributed by atoms with E-state index in [1.165, 1.54) is 11.6 Å². The van der Waals surface area contributed by atoms with Crippen molar-refractivity contribution < 1.29 is 14.3 Å². The maximum absolute atomic E-state index is 12.3. The minimum atomic E-state index is -0.467. The minimum absolute atomic E-state index is 0.106. The van der Waals surface area contributed by atoms with Crippen LogP contribution >= 0.6 is 0 Å². The van der Waals surface area contributed by atoms with Crippen LogP contribution in [0.25, 0.3) is 6.08 Å². The number of ether oxygens (including phenoxy) is 1. The van der Waals surface area contributed by atoms with Crippen LogP contribution < -0.4 is 15.0 Å². The molecular weight excluding hydrogens is 352 g/mol. The summed E-state index contributed by atoms with van der Waals surface area (Å²) in [5.74, 6) is 0.434. The topological polar surface area (TPSA) is 58.6 Å². The average Bonchev–Trinajstić information content (AvgIpc) is 2.66. The molecule has 5 heteroatoms. The second-order valence-electron chi connectivity index (χ2n) is 8.05. The van der Waals surface area contributed by atoms with Crippen molar-refractivity contribution in [2.24, 2.45) is 0 Å². The van der Waals surface area contributed by atoms with Gasteiger partial charge in [0.1, 0.15) is 5.75 Å². The highest BCUT2D eigenvalue weighted by Crippen LogP contribution is 2.34. The molecule has 0 bridgehead atoms. The Labute approximate surface area is 166 Å². The number of benzene rings is 2. The van der Waals surface area contributed by atoms with Crippen LogP contribution in [0.3, 0.4) is 0 Å². The Bertz CT molecular complexity index is 895. The number of rotatable bonds is 4. The van der Waals surface area contributed by atoms with Crippen molar-refractivity contribution in [1.29, 1.82) is 0 Å². The number of nitrogens with zero attached hydrogens (tertiary/aromatic N) is 1. The summed E-state index contributed by atoms with van der Waals surface area (Å²) in [5, 5.41) is 2.87. The van der Waals surface area contributed by atoms with Crippen LogP contribution in [0.4, 0.5) is 11.4 Å². The summed E-state index contributed by atoms with van der Waals surface area (Å²) in [6, 6.07) is 13.6. The molecule has 0 spiro atoms. The highest BCUT2D eigenvalue weighted by molar-refractivity contribution is 6.02. The SMILES string of the molecule is CN1CC(C=O)Oc2ccc(NC(=O)/C=C/c3ccc(C(C)(C)C)cc3)cc21. The summed E-state index contributed by atoms with van der Waals surface area (Å²) in [6.07, 6.45) is 3.65. The van der Waals surface area contributed by atoms with E-state index >= 15 is 0 Å². The molecule has 1 amide bonds. The Morgan fingerprint density at radius 2 is 1.89 bits per heavy atom. The summed E-state index contributed by atoms with van der Waals surface area (Å²) >= 11 is 0. The predicted molar refractivity (Wildman–Crippen MR) is 113 cm³/mol. The smallest absolute Gasteiger partial charge is 0.248 e. The number of aldehydes is 1. The summed E-state index contributed by atoms with van der Waals surface area (Å²) in [6.45, 7) is 7.00. The van der Waals surface area contributed by atoms with Gasteiger partial charge in [0.2, 0.25) is 5.91 Å². The van der Waals surface area contributed by atoms with Crippen LogP contribution in [0, 0.1) is 0 Å². The summed E-state index contributed by atoms with van der Waals surface area (Å²) in [5.41, 5.74) is 3.86. The van der Waals surface area contributed by atoms with Gasteiger partial charge in [-0.1, -0.05) is 45.0 Å². The van der Waals surface area contributed by atoms with Gasteiger partial charge in [-0.2, -0.15) is 0 Å². The fourth-order valence-electron chi connectivity index (χ4n) is 3.08. The number of anilines is 2. The Morgan fingerprint density at radius 1 is 1.18 bits per heavy atom. The quantitative estimate of drug-likeness (QED) is 0.645. The van der Waals surface area contributed by atoms with Crippen LogP contribution in [0.15, 0.2) is 48.5 Å². The maximum atomic E-state index is 12.3. The monoisotopic (exact) mass is 378 g/mol. The zero-order chi connectivity index (χ0) is 20.3. The second kappa shape index (κ2) is 7.89. The highest BCUT2D eigenvalue weighted by atomic mass is 16.5. The first kappa shape index (κ1) is 19.7. The molecule has 0 saturated heterocycles. The van der Waals surface area contributed by atoms with Crippen LogP contribution in [0.1, 0.15) is 31.9 Å². The van der Waals surface area contributed by atoms with E-state index in [9.17, 15) is 9.59 Å². The third-order valence-electron chi connectivity index (χ3n) is 4.73. The molecule has 28 heavy (non-hydrogen) atoms. The third-order valence-corrected chi connectivity index (χ3v) is 4.73. The summed E-state index contributed by atoms with van der Waals surface area (Å²) in [7, 11) is 1.89. The number of carbonyl (C=O) groups excluding carboxylic acids is 2. The van der Waals surface area contributed by atoms with Gasteiger partial charge in [0.15, 0.2) is 12.4 Å². The average molecular weight is 378 g/mol. The van der Waals surface area contributed by atoms with Crippen molar-refractivity contribution in [2.45, 2.75) is 32.3 Å². The molecule has 0 fully saturated rings. The maximum Gasteiger partial charge on any atom is 0.248 e. The van der Waals surface area contributed by atoms with Gasteiger partial charge in [-0.05, 0) is 40.8 Å². The van der Waals surface area contributed by atoms with Gasteiger partial charge in [-0.15, -0.1) is 0 Å². The van der Waals surface area contributed by atoms with Gasteiger partial charge in [0.25, 0.3) is 0 Å². The molecule has 0 aromatic heterocycles. The van der Waals surface area contributed by atoms with Crippen LogP contribution in [0.2, 0.25) is 0 Å². The van der Waals surface area contributed by atoms with Crippen molar-refractivity contribution >= 4 is 29.6 Å². The first-order valence-electron chi connectivity index (χ1n) is 9.33. The van der Waals surface area contributed by atoms with Crippen LogP contribution in [-0.2, 0) is 15.0 Å². The Morgan fingerprint density at radius 3 is 2.54 bits per heavy atom. The van der Waals surface area contributed by atoms with Gasteiger partial charge < -0.3 is 15.0 Å². The lowest BCUT2D eigenvalue weighted by Gasteiger charge is -2.31. The van der Waals surface area contributed by atoms with Gasteiger partial charge in [0, 0.05) is 18.8 Å². The number of hydrogen-bond acceptors (Lipinski definition) is 4. The number of hydrogen-bond donors (Lipinski definition) is 1. The first-order chi connectivity index (χ1) is 13.3. The molecule has 0 saturated carbocycles. The molecule has 0 radical (unpaired) electrons. The second-order valence-corrected chi connectivity index (χ2v) is 8.05. The Balaban J connectivity index is 1.66. The predicted octanol–water partition coefficient (Wildman–Crippen LogP) is 4.03. The molecule has 2 aromatic carbocycles.